The van der Waals surface area contributed by atoms with Gasteiger partial charge in [-0.3, -0.25) is 4.79 Å². The molecule has 0 unspecified atom stereocenters. The molecule has 3 rings (SSSR count). The predicted octanol–water partition coefficient (Wildman–Crippen LogP) is 2.69. The van der Waals surface area contributed by atoms with Crippen LogP contribution in [0, 0.1) is 11.7 Å². The van der Waals surface area contributed by atoms with Gasteiger partial charge in [-0.05, 0) is 37.5 Å². The van der Waals surface area contributed by atoms with Crippen molar-refractivity contribution in [2.24, 2.45) is 5.92 Å². The summed E-state index contributed by atoms with van der Waals surface area (Å²) in [5, 5.41) is 2.88. The zero-order valence-electron chi connectivity index (χ0n) is 16.2. The van der Waals surface area contributed by atoms with E-state index in [0.717, 1.165) is 5.56 Å². The Balaban J connectivity index is 1.47. The minimum atomic E-state index is -3.19. The normalized spacial score (nSPS) is 15.8. The van der Waals surface area contributed by atoms with Crippen LogP contribution in [-0.2, 0) is 21.4 Å². The van der Waals surface area contributed by atoms with E-state index in [-0.39, 0.29) is 23.4 Å². The van der Waals surface area contributed by atoms with Crippen molar-refractivity contribution in [3.05, 3.63) is 54.0 Å². The van der Waals surface area contributed by atoms with Gasteiger partial charge in [0.25, 0.3) is 0 Å². The summed E-state index contributed by atoms with van der Waals surface area (Å²) in [6.45, 7) is 2.69. The Morgan fingerprint density at radius 2 is 2.03 bits per heavy atom. The molecule has 0 aliphatic carbocycles. The molecule has 1 saturated heterocycles. The molecule has 29 heavy (non-hydrogen) atoms. The molecule has 1 fully saturated rings. The van der Waals surface area contributed by atoms with E-state index in [1.807, 2.05) is 0 Å². The van der Waals surface area contributed by atoms with Gasteiger partial charge < -0.3 is 10.1 Å². The Morgan fingerprint density at radius 1 is 1.28 bits per heavy atom. The molecule has 7 nitrogen and oxygen atoms in total. The van der Waals surface area contributed by atoms with Gasteiger partial charge in [-0.1, -0.05) is 12.1 Å². The number of rotatable bonds is 7. The number of hydrogen-bond donors (Lipinski definition) is 1. The number of hydrogen-bond acceptors (Lipinski definition) is 5. The van der Waals surface area contributed by atoms with Crippen LogP contribution >= 0.6 is 0 Å². The first-order chi connectivity index (χ1) is 13.9. The molecule has 0 radical (unpaired) electrons. The van der Waals surface area contributed by atoms with E-state index in [9.17, 15) is 17.6 Å². The maximum atomic E-state index is 13.2. The summed E-state index contributed by atoms with van der Waals surface area (Å²) < 4.78 is 43.9. The lowest BCUT2D eigenvalue weighted by Crippen LogP contribution is -2.43. The molecule has 156 valence electrons. The Hall–Kier alpha value is -2.52. The molecule has 0 saturated carbocycles. The highest BCUT2D eigenvalue weighted by molar-refractivity contribution is 7.89. The number of ether oxygens (including phenoxy) is 1. The van der Waals surface area contributed by atoms with Gasteiger partial charge in [0.05, 0.1) is 5.75 Å². The van der Waals surface area contributed by atoms with Crippen molar-refractivity contribution < 1.29 is 22.3 Å². The summed E-state index contributed by atoms with van der Waals surface area (Å²) >= 11 is 0. The van der Waals surface area contributed by atoms with Crippen LogP contribution in [0.2, 0.25) is 0 Å². The van der Waals surface area contributed by atoms with Crippen molar-refractivity contribution in [1.82, 2.24) is 14.6 Å². The van der Waals surface area contributed by atoms with Crippen LogP contribution in [0.15, 0.2) is 42.6 Å². The van der Waals surface area contributed by atoms with Crippen LogP contribution in [0.25, 0.3) is 0 Å². The topological polar surface area (TPSA) is 88.6 Å². The van der Waals surface area contributed by atoms with E-state index in [1.165, 1.54) is 16.4 Å². The van der Waals surface area contributed by atoms with E-state index in [0.29, 0.717) is 44.1 Å². The van der Waals surface area contributed by atoms with E-state index >= 15 is 0 Å². The van der Waals surface area contributed by atoms with E-state index < -0.39 is 10.0 Å². The van der Waals surface area contributed by atoms with Gasteiger partial charge in [0.15, 0.2) is 0 Å². The second kappa shape index (κ2) is 9.32. The number of carbonyl (C=O) groups excluding carboxylic acids is 1. The van der Waals surface area contributed by atoms with Crippen LogP contribution in [0.3, 0.4) is 0 Å². The van der Waals surface area contributed by atoms with Crippen molar-refractivity contribution in [1.29, 1.82) is 0 Å². The smallest absolute Gasteiger partial charge is 0.223 e. The molecule has 1 aromatic heterocycles. The lowest BCUT2D eigenvalue weighted by atomic mass is 9.97. The highest BCUT2D eigenvalue weighted by Gasteiger charge is 2.29. The Labute approximate surface area is 169 Å². The molecule has 1 amide bonds. The summed E-state index contributed by atoms with van der Waals surface area (Å²) in [4.78, 5) is 16.5. The number of nitrogens with zero attached hydrogens (tertiary/aromatic N) is 2. The van der Waals surface area contributed by atoms with Crippen molar-refractivity contribution in [2.45, 2.75) is 26.3 Å². The van der Waals surface area contributed by atoms with Gasteiger partial charge in [0.2, 0.25) is 21.8 Å². The molecule has 2 heterocycles. The highest BCUT2D eigenvalue weighted by Crippen LogP contribution is 2.21. The van der Waals surface area contributed by atoms with Crippen LogP contribution in [0.4, 0.5) is 4.39 Å². The number of aromatic nitrogens is 1. The summed E-state index contributed by atoms with van der Waals surface area (Å²) in [7, 11) is -3.19. The Kier molecular flexibility index (Phi) is 6.81. The second-order valence-electron chi connectivity index (χ2n) is 6.86. The number of sulfonamides is 1. The van der Waals surface area contributed by atoms with Crippen molar-refractivity contribution in [3.63, 3.8) is 0 Å². The molecule has 1 aliphatic heterocycles. The third-order valence-electron chi connectivity index (χ3n) is 4.87. The number of pyridine rings is 1. The minimum absolute atomic E-state index is 0.0792. The fraction of sp³-hybridized carbons (Fsp3) is 0.400. The zero-order valence-corrected chi connectivity index (χ0v) is 17.0. The molecule has 0 spiro atoms. The first kappa shape index (κ1) is 21.2. The van der Waals surface area contributed by atoms with Crippen molar-refractivity contribution in [2.75, 3.05) is 18.8 Å². The monoisotopic (exact) mass is 421 g/mol. The molecule has 1 N–H and O–H groups in total. The summed E-state index contributed by atoms with van der Waals surface area (Å²) in [6.07, 6.45) is 2.62. The number of piperidine rings is 1. The first-order valence-corrected chi connectivity index (χ1v) is 11.1. The molecule has 0 bridgehead atoms. The minimum Gasteiger partial charge on any atom is -0.439 e. The number of halogens is 1. The molecular formula is C20H24FN3O4S. The number of amides is 1. The summed E-state index contributed by atoms with van der Waals surface area (Å²) in [5.41, 5.74) is 0.802. The highest BCUT2D eigenvalue weighted by atomic mass is 32.2. The fourth-order valence-electron chi connectivity index (χ4n) is 3.14. The third-order valence-corrected chi connectivity index (χ3v) is 6.75. The quantitative estimate of drug-likeness (QED) is 0.743. The van der Waals surface area contributed by atoms with Crippen molar-refractivity contribution in [3.8, 4) is 11.6 Å². The Morgan fingerprint density at radius 3 is 2.66 bits per heavy atom. The van der Waals surface area contributed by atoms with E-state index in [2.05, 4.69) is 10.3 Å². The van der Waals surface area contributed by atoms with Gasteiger partial charge >= 0.3 is 0 Å². The number of nitrogens with one attached hydrogen (secondary N) is 1. The van der Waals surface area contributed by atoms with Crippen molar-refractivity contribution >= 4 is 15.9 Å². The number of benzene rings is 1. The summed E-state index contributed by atoms with van der Waals surface area (Å²) in [5.74, 6) is 0.0982. The maximum absolute atomic E-state index is 13.2. The largest absolute Gasteiger partial charge is 0.439 e. The van der Waals surface area contributed by atoms with E-state index in [1.54, 1.807) is 37.4 Å². The van der Waals surface area contributed by atoms with Gasteiger partial charge in [0.1, 0.15) is 11.6 Å². The summed E-state index contributed by atoms with van der Waals surface area (Å²) in [6, 6.07) is 9.22. The third kappa shape index (κ3) is 5.74. The van der Waals surface area contributed by atoms with E-state index in [4.69, 9.17) is 4.74 Å². The van der Waals surface area contributed by atoms with Crippen LogP contribution in [-0.4, -0.2) is 42.5 Å². The second-order valence-corrected chi connectivity index (χ2v) is 9.11. The molecule has 1 aliphatic rings. The molecule has 1 aromatic carbocycles. The van der Waals surface area contributed by atoms with Crippen LogP contribution in [0.1, 0.15) is 25.3 Å². The fourth-order valence-corrected chi connectivity index (χ4v) is 4.27. The molecule has 0 atom stereocenters. The molecular weight excluding hydrogens is 397 g/mol. The number of carbonyl (C=O) groups is 1. The van der Waals surface area contributed by atoms with Crippen LogP contribution in [0.5, 0.6) is 11.6 Å². The zero-order chi connectivity index (χ0) is 20.9. The van der Waals surface area contributed by atoms with Gasteiger partial charge in [-0.25, -0.2) is 22.1 Å². The maximum Gasteiger partial charge on any atom is 0.223 e. The van der Waals surface area contributed by atoms with Gasteiger partial charge in [-0.15, -0.1) is 0 Å². The van der Waals surface area contributed by atoms with Crippen LogP contribution < -0.4 is 10.1 Å². The average Bonchev–Trinajstić information content (AvgIpc) is 2.73. The average molecular weight is 421 g/mol. The lowest BCUT2D eigenvalue weighted by Gasteiger charge is -2.30. The standard InChI is InChI=1S/C20H24FN3O4S/c1-2-29(26,27)24-10-8-16(9-11-24)20(25)23-14-15-6-7-19(22-13-15)28-18-5-3-4-17(21)12-18/h3-7,12-13,16H,2,8-11,14H2,1H3,(H,23,25). The SMILES string of the molecule is CCS(=O)(=O)N1CCC(C(=O)NCc2ccc(Oc3cccc(F)c3)nc2)CC1. The lowest BCUT2D eigenvalue weighted by molar-refractivity contribution is -0.126. The molecule has 2 aromatic rings. The first-order valence-electron chi connectivity index (χ1n) is 9.51. The van der Waals surface area contributed by atoms with Gasteiger partial charge in [-0.2, -0.15) is 0 Å². The predicted molar refractivity (Wildman–Crippen MR) is 106 cm³/mol. The Bertz CT molecular complexity index is 942. The van der Waals surface area contributed by atoms with Gasteiger partial charge in [0, 0.05) is 43.9 Å². The molecule has 9 heteroatoms.